The number of rotatable bonds is 3. The molecule has 1 aromatic heterocycles. The zero-order chi connectivity index (χ0) is 18.7. The van der Waals surface area contributed by atoms with Gasteiger partial charge >= 0.3 is 6.03 Å². The van der Waals surface area contributed by atoms with Gasteiger partial charge in [-0.1, -0.05) is 25.1 Å². The van der Waals surface area contributed by atoms with Crippen molar-refractivity contribution in [2.24, 2.45) is 7.05 Å². The van der Waals surface area contributed by atoms with Gasteiger partial charge in [0.2, 0.25) is 0 Å². The number of carbonyl (C=O) groups excluding carboxylic acids is 1. The van der Waals surface area contributed by atoms with Crippen LogP contribution in [0.15, 0.2) is 41.3 Å². The first-order chi connectivity index (χ1) is 12.5. The molecule has 0 unspecified atom stereocenters. The Labute approximate surface area is 154 Å². The number of aromatic nitrogens is 1. The van der Waals surface area contributed by atoms with Crippen LogP contribution in [0.4, 0.5) is 10.5 Å². The van der Waals surface area contributed by atoms with Crippen LogP contribution < -0.4 is 10.9 Å². The highest BCUT2D eigenvalue weighted by Gasteiger charge is 2.24. The first-order valence-electron chi connectivity index (χ1n) is 9.30. The molecule has 1 fully saturated rings. The second kappa shape index (κ2) is 7.77. The molecule has 26 heavy (non-hydrogen) atoms. The van der Waals surface area contributed by atoms with Gasteiger partial charge in [0.25, 0.3) is 5.56 Å². The first kappa shape index (κ1) is 18.2. The highest BCUT2D eigenvalue weighted by Crippen LogP contribution is 2.28. The minimum absolute atomic E-state index is 0.0225. The molecule has 3 rings (SSSR count). The number of carbonyl (C=O) groups is 1. The first-order valence-corrected chi connectivity index (χ1v) is 9.30. The largest absolute Gasteiger partial charge is 0.324 e. The quantitative estimate of drug-likeness (QED) is 0.915. The van der Waals surface area contributed by atoms with Gasteiger partial charge in [0.15, 0.2) is 0 Å². The van der Waals surface area contributed by atoms with E-state index in [1.807, 2.05) is 36.2 Å². The van der Waals surface area contributed by atoms with Crippen molar-refractivity contribution in [3.05, 3.63) is 63.6 Å². The summed E-state index contributed by atoms with van der Waals surface area (Å²) < 4.78 is 1.58. The number of hydrogen-bond donors (Lipinski definition) is 1. The molecule has 0 bridgehead atoms. The maximum absolute atomic E-state index is 12.7. The van der Waals surface area contributed by atoms with Gasteiger partial charge in [-0.3, -0.25) is 4.79 Å². The smallest absolute Gasteiger partial charge is 0.321 e. The van der Waals surface area contributed by atoms with E-state index in [4.69, 9.17) is 0 Å². The van der Waals surface area contributed by atoms with Crippen LogP contribution in [0.2, 0.25) is 0 Å². The molecule has 0 saturated carbocycles. The molecule has 1 N–H and O–H groups in total. The number of nitrogens with one attached hydrogen (secondary N) is 1. The Bertz CT molecular complexity index is 849. The Morgan fingerprint density at radius 1 is 1.23 bits per heavy atom. The van der Waals surface area contributed by atoms with Crippen molar-refractivity contribution >= 4 is 11.7 Å². The van der Waals surface area contributed by atoms with E-state index >= 15 is 0 Å². The maximum Gasteiger partial charge on any atom is 0.321 e. The standard InChI is InChI=1S/C21H27N3O2/c1-4-16-7-5-6-15(2)20(16)22-21(26)24-12-9-17(10-13-24)18-8-11-23(3)19(25)14-18/h5-8,11,14,17H,4,9-10,12-13H2,1-3H3,(H,22,26). The number of anilines is 1. The lowest BCUT2D eigenvalue weighted by Gasteiger charge is -2.32. The van der Waals surface area contributed by atoms with E-state index in [0.717, 1.165) is 41.6 Å². The Kier molecular flexibility index (Phi) is 5.45. The third kappa shape index (κ3) is 3.82. The van der Waals surface area contributed by atoms with Crippen LogP contribution in [0.25, 0.3) is 0 Å². The normalized spacial score (nSPS) is 15.1. The van der Waals surface area contributed by atoms with Crippen molar-refractivity contribution in [3.8, 4) is 0 Å². The van der Waals surface area contributed by atoms with Crippen LogP contribution in [0, 0.1) is 6.92 Å². The molecule has 2 aromatic rings. The monoisotopic (exact) mass is 353 g/mol. The number of benzene rings is 1. The SMILES string of the molecule is CCc1cccc(C)c1NC(=O)N1CCC(c2ccn(C)c(=O)c2)CC1. The number of hydrogen-bond acceptors (Lipinski definition) is 2. The summed E-state index contributed by atoms with van der Waals surface area (Å²) in [5.74, 6) is 0.345. The summed E-state index contributed by atoms with van der Waals surface area (Å²) in [4.78, 5) is 26.4. The summed E-state index contributed by atoms with van der Waals surface area (Å²) >= 11 is 0. The van der Waals surface area contributed by atoms with Crippen molar-refractivity contribution in [1.29, 1.82) is 0 Å². The molecule has 2 amide bonds. The topological polar surface area (TPSA) is 54.3 Å². The van der Waals surface area contributed by atoms with E-state index < -0.39 is 0 Å². The molecule has 2 heterocycles. The second-order valence-electron chi connectivity index (χ2n) is 7.06. The van der Waals surface area contributed by atoms with Crippen LogP contribution in [-0.4, -0.2) is 28.6 Å². The Hall–Kier alpha value is -2.56. The summed E-state index contributed by atoms with van der Waals surface area (Å²) in [5.41, 5.74) is 4.30. The predicted octanol–water partition coefficient (Wildman–Crippen LogP) is 3.67. The predicted molar refractivity (Wildman–Crippen MR) is 105 cm³/mol. The molecule has 1 aromatic carbocycles. The number of piperidine rings is 1. The van der Waals surface area contributed by atoms with Gasteiger partial charge in [0, 0.05) is 38.1 Å². The van der Waals surface area contributed by atoms with Gasteiger partial charge in [0.05, 0.1) is 0 Å². The fourth-order valence-electron chi connectivity index (χ4n) is 3.62. The summed E-state index contributed by atoms with van der Waals surface area (Å²) in [6.07, 6.45) is 4.48. The molecule has 138 valence electrons. The lowest BCUT2D eigenvalue weighted by atomic mass is 9.90. The number of nitrogens with zero attached hydrogens (tertiary/aromatic N) is 2. The minimum Gasteiger partial charge on any atom is -0.324 e. The molecular formula is C21H27N3O2. The molecule has 0 atom stereocenters. The van der Waals surface area contributed by atoms with Gasteiger partial charge < -0.3 is 14.8 Å². The number of para-hydroxylation sites is 1. The highest BCUT2D eigenvalue weighted by atomic mass is 16.2. The van der Waals surface area contributed by atoms with E-state index in [9.17, 15) is 9.59 Å². The average Bonchev–Trinajstić information content (AvgIpc) is 2.65. The molecule has 1 aliphatic rings. The van der Waals surface area contributed by atoms with Crippen LogP contribution >= 0.6 is 0 Å². The van der Waals surface area contributed by atoms with Crippen molar-refractivity contribution in [3.63, 3.8) is 0 Å². The van der Waals surface area contributed by atoms with E-state index in [1.165, 1.54) is 0 Å². The highest BCUT2D eigenvalue weighted by molar-refractivity contribution is 5.91. The van der Waals surface area contributed by atoms with E-state index in [1.54, 1.807) is 17.7 Å². The zero-order valence-electron chi connectivity index (χ0n) is 15.8. The number of likely N-dealkylation sites (tertiary alicyclic amines) is 1. The Morgan fingerprint density at radius 3 is 2.62 bits per heavy atom. The van der Waals surface area contributed by atoms with Crippen molar-refractivity contribution in [2.45, 2.75) is 39.0 Å². The molecule has 1 aliphatic heterocycles. The van der Waals surface area contributed by atoms with Crippen LogP contribution in [0.1, 0.15) is 42.4 Å². The van der Waals surface area contributed by atoms with Crippen molar-refractivity contribution in [1.82, 2.24) is 9.47 Å². The van der Waals surface area contributed by atoms with Gasteiger partial charge in [-0.05, 0) is 54.9 Å². The number of aryl methyl sites for hydroxylation is 3. The molecule has 5 nitrogen and oxygen atoms in total. The molecule has 0 aliphatic carbocycles. The fraction of sp³-hybridized carbons (Fsp3) is 0.429. The van der Waals surface area contributed by atoms with Gasteiger partial charge in [-0.2, -0.15) is 0 Å². The Morgan fingerprint density at radius 2 is 1.96 bits per heavy atom. The number of urea groups is 1. The van der Waals surface area contributed by atoms with Crippen LogP contribution in [0.3, 0.4) is 0 Å². The lowest BCUT2D eigenvalue weighted by Crippen LogP contribution is -2.41. The van der Waals surface area contributed by atoms with Crippen LogP contribution in [-0.2, 0) is 13.5 Å². The minimum atomic E-state index is -0.0311. The van der Waals surface area contributed by atoms with Gasteiger partial charge in [-0.15, -0.1) is 0 Å². The average molecular weight is 353 g/mol. The summed E-state index contributed by atoms with van der Waals surface area (Å²) in [5, 5.41) is 3.10. The van der Waals surface area contributed by atoms with Crippen LogP contribution in [0.5, 0.6) is 0 Å². The third-order valence-electron chi connectivity index (χ3n) is 5.35. The van der Waals surface area contributed by atoms with E-state index in [2.05, 4.69) is 18.3 Å². The summed E-state index contributed by atoms with van der Waals surface area (Å²) in [7, 11) is 1.76. The second-order valence-corrected chi connectivity index (χ2v) is 7.06. The molecule has 5 heteroatoms. The lowest BCUT2D eigenvalue weighted by molar-refractivity contribution is 0.194. The number of pyridine rings is 1. The summed E-state index contributed by atoms with van der Waals surface area (Å²) in [6, 6.07) is 9.82. The van der Waals surface area contributed by atoms with Gasteiger partial charge in [0.1, 0.15) is 0 Å². The van der Waals surface area contributed by atoms with E-state index in [0.29, 0.717) is 19.0 Å². The van der Waals surface area contributed by atoms with Crippen molar-refractivity contribution in [2.75, 3.05) is 18.4 Å². The fourth-order valence-corrected chi connectivity index (χ4v) is 3.62. The summed E-state index contributed by atoms with van der Waals surface area (Å²) in [6.45, 7) is 5.54. The van der Waals surface area contributed by atoms with Gasteiger partial charge in [-0.25, -0.2) is 4.79 Å². The van der Waals surface area contributed by atoms with E-state index in [-0.39, 0.29) is 11.6 Å². The Balaban J connectivity index is 1.64. The maximum atomic E-state index is 12.7. The molecule has 1 saturated heterocycles. The van der Waals surface area contributed by atoms with Crippen molar-refractivity contribution < 1.29 is 4.79 Å². The zero-order valence-corrected chi connectivity index (χ0v) is 15.8. The third-order valence-corrected chi connectivity index (χ3v) is 5.35. The molecule has 0 spiro atoms. The molecular weight excluding hydrogens is 326 g/mol. The molecule has 0 radical (unpaired) electrons. The number of amides is 2.